The van der Waals surface area contributed by atoms with Crippen LogP contribution in [0.25, 0.3) is 0 Å². The van der Waals surface area contributed by atoms with E-state index in [0.29, 0.717) is 19.1 Å². The van der Waals surface area contributed by atoms with Gasteiger partial charge in [-0.25, -0.2) is 0 Å². The van der Waals surface area contributed by atoms with Crippen molar-refractivity contribution < 1.29 is 14.2 Å². The van der Waals surface area contributed by atoms with Gasteiger partial charge in [-0.1, -0.05) is 12.8 Å². The molecule has 0 aromatic heterocycles. The van der Waals surface area contributed by atoms with E-state index >= 15 is 0 Å². The van der Waals surface area contributed by atoms with Crippen LogP contribution in [0.1, 0.15) is 52.4 Å². The molecule has 0 aromatic rings. The van der Waals surface area contributed by atoms with E-state index in [4.69, 9.17) is 20.1 Å². The zero-order valence-corrected chi connectivity index (χ0v) is 12.9. The Bertz CT molecular complexity index is 276. The highest BCUT2D eigenvalue weighted by Gasteiger charge is 2.43. The minimum atomic E-state index is -0.267. The number of ether oxygens (including phenoxy) is 3. The first-order chi connectivity index (χ1) is 9.74. The first kappa shape index (κ1) is 16.2. The maximum atomic E-state index is 6.10. The fourth-order valence-electron chi connectivity index (χ4n) is 3.76. The number of hydrazine groups is 1. The third-order valence-electron chi connectivity index (χ3n) is 4.70. The van der Waals surface area contributed by atoms with Gasteiger partial charge in [0, 0.05) is 19.8 Å². The van der Waals surface area contributed by atoms with Crippen molar-refractivity contribution in [2.75, 3.05) is 19.8 Å². The molecule has 2 aliphatic rings. The highest BCUT2D eigenvalue weighted by Crippen LogP contribution is 2.43. The summed E-state index contributed by atoms with van der Waals surface area (Å²) < 4.78 is 17.6. The van der Waals surface area contributed by atoms with Crippen LogP contribution in [0.4, 0.5) is 0 Å². The molecule has 1 aliphatic heterocycles. The van der Waals surface area contributed by atoms with Crippen molar-refractivity contribution in [2.45, 2.75) is 70.3 Å². The third kappa shape index (κ3) is 3.71. The Hall–Kier alpha value is -0.200. The molecule has 20 heavy (non-hydrogen) atoms. The van der Waals surface area contributed by atoms with Gasteiger partial charge in [-0.15, -0.1) is 0 Å². The van der Waals surface area contributed by atoms with Gasteiger partial charge in [0.2, 0.25) is 0 Å². The normalized spacial score (nSPS) is 27.3. The lowest BCUT2D eigenvalue weighted by molar-refractivity contribution is -0.178. The first-order valence-electron chi connectivity index (χ1n) is 8.08. The van der Waals surface area contributed by atoms with Gasteiger partial charge in [-0.2, -0.15) is 0 Å². The van der Waals surface area contributed by atoms with Gasteiger partial charge in [-0.05, 0) is 45.4 Å². The molecule has 118 valence electrons. The highest BCUT2D eigenvalue weighted by atomic mass is 16.7. The topological polar surface area (TPSA) is 65.7 Å². The Morgan fingerprint density at radius 3 is 2.45 bits per heavy atom. The first-order valence-corrected chi connectivity index (χ1v) is 8.08. The van der Waals surface area contributed by atoms with Crippen LogP contribution >= 0.6 is 0 Å². The Morgan fingerprint density at radius 2 is 1.90 bits per heavy atom. The summed E-state index contributed by atoms with van der Waals surface area (Å²) in [6, 6.07) is 0.0382. The molecule has 2 atom stereocenters. The molecule has 2 unspecified atom stereocenters. The van der Waals surface area contributed by atoms with Gasteiger partial charge in [-0.3, -0.25) is 11.3 Å². The summed E-state index contributed by atoms with van der Waals surface area (Å²) in [7, 11) is 0. The summed E-state index contributed by atoms with van der Waals surface area (Å²) in [6.45, 7) is 6.08. The average Bonchev–Trinajstić information content (AvgIpc) is 2.88. The van der Waals surface area contributed by atoms with E-state index in [-0.39, 0.29) is 17.9 Å². The van der Waals surface area contributed by atoms with Crippen LogP contribution in [0.5, 0.6) is 0 Å². The Kier molecular flexibility index (Phi) is 6.23. The van der Waals surface area contributed by atoms with Gasteiger partial charge in [0.15, 0.2) is 6.29 Å². The molecule has 1 saturated carbocycles. The van der Waals surface area contributed by atoms with E-state index in [2.05, 4.69) is 5.43 Å². The van der Waals surface area contributed by atoms with Crippen LogP contribution in [-0.4, -0.2) is 37.8 Å². The summed E-state index contributed by atoms with van der Waals surface area (Å²) in [5.74, 6) is 6.26. The molecule has 1 heterocycles. The van der Waals surface area contributed by atoms with Gasteiger partial charge >= 0.3 is 0 Å². The van der Waals surface area contributed by atoms with Crippen LogP contribution in [0.15, 0.2) is 0 Å². The van der Waals surface area contributed by atoms with Crippen LogP contribution in [0, 0.1) is 5.92 Å². The SMILES string of the molecule is CCOC(OCC)C(NN)C1CCOC2(CCCC2)C1. The predicted molar refractivity (Wildman–Crippen MR) is 78.0 cm³/mol. The summed E-state index contributed by atoms with van der Waals surface area (Å²) >= 11 is 0. The second-order valence-corrected chi connectivity index (χ2v) is 5.96. The van der Waals surface area contributed by atoms with Crippen molar-refractivity contribution in [3.8, 4) is 0 Å². The predicted octanol–water partition coefficient (Wildman–Crippen LogP) is 1.96. The standard InChI is InChI=1S/C15H30N2O3/c1-3-18-14(19-4-2)13(17-16)12-7-10-20-15(11-12)8-5-6-9-15/h12-14,17H,3-11,16H2,1-2H3. The number of hydrogen-bond acceptors (Lipinski definition) is 5. The summed E-state index contributed by atoms with van der Waals surface area (Å²) in [4.78, 5) is 0. The second-order valence-electron chi connectivity index (χ2n) is 5.96. The van der Waals surface area contributed by atoms with E-state index in [0.717, 1.165) is 19.4 Å². The molecule has 1 spiro atoms. The number of rotatable bonds is 7. The van der Waals surface area contributed by atoms with Crippen molar-refractivity contribution in [3.05, 3.63) is 0 Å². The molecule has 2 fully saturated rings. The zero-order valence-electron chi connectivity index (χ0n) is 12.9. The molecular weight excluding hydrogens is 256 g/mol. The Morgan fingerprint density at radius 1 is 1.25 bits per heavy atom. The molecule has 0 radical (unpaired) electrons. The van der Waals surface area contributed by atoms with Crippen LogP contribution in [0.3, 0.4) is 0 Å². The lowest BCUT2D eigenvalue weighted by Crippen LogP contribution is -2.54. The van der Waals surface area contributed by atoms with Gasteiger partial charge in [0.25, 0.3) is 0 Å². The number of nitrogens with one attached hydrogen (secondary N) is 1. The molecule has 5 nitrogen and oxygen atoms in total. The Labute approximate surface area is 122 Å². The molecule has 0 amide bonds. The molecular formula is C15H30N2O3. The molecule has 1 aliphatic carbocycles. The van der Waals surface area contributed by atoms with Crippen molar-refractivity contribution in [1.82, 2.24) is 5.43 Å². The van der Waals surface area contributed by atoms with E-state index in [9.17, 15) is 0 Å². The summed E-state index contributed by atoms with van der Waals surface area (Å²) in [5.41, 5.74) is 3.04. The minimum absolute atomic E-state index is 0.0382. The molecule has 0 bridgehead atoms. The molecule has 3 N–H and O–H groups in total. The quantitative estimate of drug-likeness (QED) is 0.425. The third-order valence-corrected chi connectivity index (χ3v) is 4.70. The van der Waals surface area contributed by atoms with E-state index in [1.54, 1.807) is 0 Å². The highest BCUT2D eigenvalue weighted by molar-refractivity contribution is 4.94. The smallest absolute Gasteiger partial charge is 0.174 e. The maximum Gasteiger partial charge on any atom is 0.174 e. The summed E-state index contributed by atoms with van der Waals surface area (Å²) in [6.07, 6.45) is 6.77. The fourth-order valence-corrected chi connectivity index (χ4v) is 3.76. The lowest BCUT2D eigenvalue weighted by atomic mass is 9.80. The number of hydrogen-bond donors (Lipinski definition) is 2. The monoisotopic (exact) mass is 286 g/mol. The van der Waals surface area contributed by atoms with E-state index < -0.39 is 0 Å². The Balaban J connectivity index is 2.01. The zero-order chi connectivity index (χ0) is 14.4. The van der Waals surface area contributed by atoms with Crippen molar-refractivity contribution in [2.24, 2.45) is 11.8 Å². The number of nitrogens with two attached hydrogens (primary N) is 1. The van der Waals surface area contributed by atoms with Crippen LogP contribution in [0.2, 0.25) is 0 Å². The van der Waals surface area contributed by atoms with Crippen LogP contribution < -0.4 is 11.3 Å². The van der Waals surface area contributed by atoms with Gasteiger partial charge in [0.1, 0.15) is 0 Å². The van der Waals surface area contributed by atoms with Crippen LogP contribution in [-0.2, 0) is 14.2 Å². The fraction of sp³-hybridized carbons (Fsp3) is 1.00. The van der Waals surface area contributed by atoms with Crippen molar-refractivity contribution in [3.63, 3.8) is 0 Å². The largest absolute Gasteiger partial charge is 0.375 e. The average molecular weight is 286 g/mol. The van der Waals surface area contributed by atoms with Gasteiger partial charge in [0.05, 0.1) is 11.6 Å². The van der Waals surface area contributed by atoms with E-state index in [1.807, 2.05) is 13.8 Å². The second kappa shape index (κ2) is 7.71. The van der Waals surface area contributed by atoms with Crippen molar-refractivity contribution >= 4 is 0 Å². The van der Waals surface area contributed by atoms with E-state index in [1.165, 1.54) is 25.7 Å². The molecule has 5 heteroatoms. The van der Waals surface area contributed by atoms with Gasteiger partial charge < -0.3 is 14.2 Å². The minimum Gasteiger partial charge on any atom is -0.375 e. The van der Waals surface area contributed by atoms with Crippen molar-refractivity contribution in [1.29, 1.82) is 0 Å². The molecule has 0 aromatic carbocycles. The molecule has 2 rings (SSSR count). The summed E-state index contributed by atoms with van der Waals surface area (Å²) in [5, 5.41) is 0. The lowest BCUT2D eigenvalue weighted by Gasteiger charge is -2.42. The molecule has 1 saturated heterocycles. The maximum absolute atomic E-state index is 6.10.